The van der Waals surface area contributed by atoms with Crippen LogP contribution >= 0.6 is 0 Å². The van der Waals surface area contributed by atoms with Gasteiger partial charge in [-0.1, -0.05) is 42.5 Å². The first-order valence-corrected chi connectivity index (χ1v) is 9.83. The molecule has 2 aliphatic carbocycles. The molecule has 142 valence electrons. The van der Waals surface area contributed by atoms with E-state index in [1.165, 1.54) is 0 Å². The largest absolute Gasteiger partial charge is 0.425 e. The zero-order valence-electron chi connectivity index (χ0n) is 15.4. The summed E-state index contributed by atoms with van der Waals surface area (Å²) in [6.45, 7) is -0.301. The summed E-state index contributed by atoms with van der Waals surface area (Å²) in [7, 11) is 0. The van der Waals surface area contributed by atoms with E-state index >= 15 is 0 Å². The van der Waals surface area contributed by atoms with Gasteiger partial charge in [-0.3, -0.25) is 14.5 Å². The van der Waals surface area contributed by atoms with Crippen molar-refractivity contribution in [2.45, 2.75) is 19.3 Å². The fraction of sp³-hybridized carbons (Fsp3) is 0.348. The van der Waals surface area contributed by atoms with Crippen LogP contribution in [0.15, 0.2) is 54.6 Å². The van der Waals surface area contributed by atoms with Crippen LogP contribution < -0.4 is 4.74 Å². The van der Waals surface area contributed by atoms with Crippen molar-refractivity contribution < 1.29 is 19.1 Å². The standard InChI is InChI=1S/C23H21NO4/c25-19(28-18-10-8-15(9-11-18)14-4-2-1-3-5-14)13-24-22(26)20-16-6-7-17(12-16)21(20)23(24)27/h1-5,8-11,16-17,20-21H,6-7,12-13H2/t16-,17+,20-,21+. The van der Waals surface area contributed by atoms with E-state index in [0.717, 1.165) is 35.3 Å². The van der Waals surface area contributed by atoms with Crippen LogP contribution in [0.4, 0.5) is 0 Å². The molecule has 1 saturated heterocycles. The van der Waals surface area contributed by atoms with Crippen LogP contribution in [0.3, 0.4) is 0 Å². The number of imide groups is 1. The number of ether oxygens (including phenoxy) is 1. The lowest BCUT2D eigenvalue weighted by Crippen LogP contribution is -2.38. The number of hydrogen-bond donors (Lipinski definition) is 0. The first kappa shape index (κ1) is 17.2. The minimum atomic E-state index is -0.582. The third-order valence-electron chi connectivity index (χ3n) is 6.50. The maximum absolute atomic E-state index is 12.7. The molecule has 0 unspecified atom stereocenters. The summed E-state index contributed by atoms with van der Waals surface area (Å²) in [5.41, 5.74) is 2.10. The van der Waals surface area contributed by atoms with E-state index in [1.54, 1.807) is 12.1 Å². The number of hydrogen-bond acceptors (Lipinski definition) is 4. The highest BCUT2D eigenvalue weighted by atomic mass is 16.5. The Hall–Kier alpha value is -2.95. The number of amides is 2. The molecule has 5 heteroatoms. The third-order valence-corrected chi connectivity index (χ3v) is 6.50. The third kappa shape index (κ3) is 2.73. The summed E-state index contributed by atoms with van der Waals surface area (Å²) < 4.78 is 5.37. The van der Waals surface area contributed by atoms with Crippen LogP contribution in [0.5, 0.6) is 5.75 Å². The molecule has 2 amide bonds. The number of benzene rings is 2. The fourth-order valence-corrected chi connectivity index (χ4v) is 5.27. The summed E-state index contributed by atoms with van der Waals surface area (Å²) in [5.74, 6) is -0.313. The number of esters is 1. The quantitative estimate of drug-likeness (QED) is 0.467. The molecule has 4 atom stereocenters. The molecule has 5 rings (SSSR count). The van der Waals surface area contributed by atoms with Gasteiger partial charge in [-0.2, -0.15) is 0 Å². The Kier molecular flexibility index (Phi) is 4.04. The zero-order chi connectivity index (χ0) is 19.3. The predicted octanol–water partition coefficient (Wildman–Crippen LogP) is 3.29. The van der Waals surface area contributed by atoms with Gasteiger partial charge in [0, 0.05) is 0 Å². The summed E-state index contributed by atoms with van der Waals surface area (Å²) in [6, 6.07) is 17.1. The van der Waals surface area contributed by atoms with E-state index in [-0.39, 0.29) is 30.2 Å². The maximum atomic E-state index is 12.7. The Balaban J connectivity index is 1.24. The fourth-order valence-electron chi connectivity index (χ4n) is 5.27. The molecule has 28 heavy (non-hydrogen) atoms. The molecule has 0 aromatic heterocycles. The van der Waals surface area contributed by atoms with E-state index in [0.29, 0.717) is 17.6 Å². The van der Waals surface area contributed by atoms with Crippen molar-refractivity contribution in [3.63, 3.8) is 0 Å². The van der Waals surface area contributed by atoms with Crippen molar-refractivity contribution in [3.05, 3.63) is 54.6 Å². The number of fused-ring (bicyclic) bond motifs is 5. The topological polar surface area (TPSA) is 63.7 Å². The molecular formula is C23H21NO4. The predicted molar refractivity (Wildman–Crippen MR) is 102 cm³/mol. The summed E-state index contributed by atoms with van der Waals surface area (Å²) in [5, 5.41) is 0. The summed E-state index contributed by atoms with van der Waals surface area (Å²) >= 11 is 0. The minimum Gasteiger partial charge on any atom is -0.425 e. The van der Waals surface area contributed by atoms with Crippen molar-refractivity contribution in [3.8, 4) is 16.9 Å². The highest BCUT2D eigenvalue weighted by molar-refractivity contribution is 6.07. The van der Waals surface area contributed by atoms with Crippen LogP contribution in [-0.2, 0) is 14.4 Å². The van der Waals surface area contributed by atoms with Crippen LogP contribution in [0.25, 0.3) is 11.1 Å². The minimum absolute atomic E-state index is 0.182. The number of rotatable bonds is 4. The molecule has 5 nitrogen and oxygen atoms in total. The zero-order valence-corrected chi connectivity index (χ0v) is 15.4. The van der Waals surface area contributed by atoms with Crippen molar-refractivity contribution >= 4 is 17.8 Å². The van der Waals surface area contributed by atoms with Crippen molar-refractivity contribution in [2.75, 3.05) is 6.54 Å². The van der Waals surface area contributed by atoms with E-state index < -0.39 is 5.97 Å². The summed E-state index contributed by atoms with van der Waals surface area (Å²) in [6.07, 6.45) is 3.03. The molecular weight excluding hydrogens is 354 g/mol. The van der Waals surface area contributed by atoms with Gasteiger partial charge in [0.1, 0.15) is 12.3 Å². The van der Waals surface area contributed by atoms with E-state index in [2.05, 4.69) is 0 Å². The van der Waals surface area contributed by atoms with Crippen molar-refractivity contribution in [1.29, 1.82) is 0 Å². The van der Waals surface area contributed by atoms with Crippen molar-refractivity contribution in [2.24, 2.45) is 23.7 Å². The normalized spacial score (nSPS) is 27.9. The second-order valence-electron chi connectivity index (χ2n) is 8.01. The Bertz CT molecular complexity index is 909. The first-order valence-electron chi connectivity index (χ1n) is 9.83. The van der Waals surface area contributed by atoms with Gasteiger partial charge in [0.2, 0.25) is 11.8 Å². The molecule has 2 bridgehead atoms. The Morgan fingerprint density at radius 3 is 2.04 bits per heavy atom. The van der Waals surface area contributed by atoms with Gasteiger partial charge in [0.25, 0.3) is 0 Å². The highest BCUT2D eigenvalue weighted by Gasteiger charge is 2.61. The van der Waals surface area contributed by atoms with Crippen LogP contribution in [-0.4, -0.2) is 29.2 Å². The van der Waals surface area contributed by atoms with Gasteiger partial charge in [0.05, 0.1) is 11.8 Å². The first-order chi connectivity index (χ1) is 13.6. The number of likely N-dealkylation sites (tertiary alicyclic amines) is 1. The van der Waals surface area contributed by atoms with Gasteiger partial charge < -0.3 is 4.74 Å². The van der Waals surface area contributed by atoms with Crippen LogP contribution in [0.2, 0.25) is 0 Å². The van der Waals surface area contributed by atoms with Gasteiger partial charge in [-0.25, -0.2) is 4.79 Å². The van der Waals surface area contributed by atoms with Crippen molar-refractivity contribution in [1.82, 2.24) is 4.90 Å². The van der Waals surface area contributed by atoms with Gasteiger partial charge >= 0.3 is 5.97 Å². The average molecular weight is 375 g/mol. The molecule has 1 aliphatic heterocycles. The Labute approximate surface area is 163 Å². The number of nitrogens with zero attached hydrogens (tertiary/aromatic N) is 1. The Morgan fingerprint density at radius 2 is 1.43 bits per heavy atom. The van der Waals surface area contributed by atoms with E-state index in [4.69, 9.17) is 4.74 Å². The maximum Gasteiger partial charge on any atom is 0.331 e. The average Bonchev–Trinajstić information content (AvgIpc) is 3.39. The second kappa shape index (κ2) is 6.59. The highest BCUT2D eigenvalue weighted by Crippen LogP contribution is 2.56. The Morgan fingerprint density at radius 1 is 0.857 bits per heavy atom. The molecule has 2 aromatic carbocycles. The number of carbonyl (C=O) groups excluding carboxylic acids is 3. The number of carbonyl (C=O) groups is 3. The van der Waals surface area contributed by atoms with Gasteiger partial charge in [-0.15, -0.1) is 0 Å². The monoisotopic (exact) mass is 375 g/mol. The van der Waals surface area contributed by atoms with Gasteiger partial charge in [0.15, 0.2) is 0 Å². The van der Waals surface area contributed by atoms with E-state index in [9.17, 15) is 14.4 Å². The molecule has 1 heterocycles. The molecule has 0 N–H and O–H groups in total. The van der Waals surface area contributed by atoms with Crippen LogP contribution in [0, 0.1) is 23.7 Å². The lowest BCUT2D eigenvalue weighted by molar-refractivity contribution is -0.148. The molecule has 0 spiro atoms. The lowest BCUT2D eigenvalue weighted by Gasteiger charge is -2.19. The molecule has 0 radical (unpaired) electrons. The lowest BCUT2D eigenvalue weighted by atomic mass is 9.81. The molecule has 2 aromatic rings. The van der Waals surface area contributed by atoms with E-state index in [1.807, 2.05) is 42.5 Å². The molecule has 2 saturated carbocycles. The molecule has 3 fully saturated rings. The van der Waals surface area contributed by atoms with Crippen LogP contribution in [0.1, 0.15) is 19.3 Å². The molecule has 3 aliphatic rings. The SMILES string of the molecule is O=C(CN1C(=O)[C@@H]2[C@@H]3CC[C@@H](C3)[C@@H]2C1=O)Oc1ccc(-c2ccccc2)cc1. The second-order valence-corrected chi connectivity index (χ2v) is 8.01. The summed E-state index contributed by atoms with van der Waals surface area (Å²) in [4.78, 5) is 38.8. The smallest absolute Gasteiger partial charge is 0.331 e. The van der Waals surface area contributed by atoms with Gasteiger partial charge in [-0.05, 0) is 54.4 Å².